The van der Waals surface area contributed by atoms with Gasteiger partial charge in [0.1, 0.15) is 4.92 Å². The van der Waals surface area contributed by atoms with Crippen LogP contribution in [0.4, 0.5) is 0 Å². The highest BCUT2D eigenvalue weighted by Gasteiger charge is 1.96. The number of hydrogen-bond donors (Lipinski definition) is 1. The first-order valence-corrected chi connectivity index (χ1v) is 4.13. The molecule has 0 fully saturated rings. The molecule has 0 aliphatic heterocycles. The molecule has 0 amide bonds. The highest BCUT2D eigenvalue weighted by Crippen LogP contribution is 1.78. The molecule has 0 aliphatic rings. The molecule has 0 saturated carbocycles. The largest absolute Gasteiger partial charge is 0.380 e. The SMILES string of the molecule is CCOCCN[C@H](C)C#C[N+](=O)[O-]. The van der Waals surface area contributed by atoms with E-state index < -0.39 is 4.92 Å². The highest BCUT2D eigenvalue weighted by atomic mass is 16.6. The van der Waals surface area contributed by atoms with Gasteiger partial charge in [0.05, 0.1) is 12.6 Å². The highest BCUT2D eigenvalue weighted by molar-refractivity contribution is 5.00. The van der Waals surface area contributed by atoms with Gasteiger partial charge in [0.2, 0.25) is 0 Å². The van der Waals surface area contributed by atoms with Crippen molar-refractivity contribution in [1.82, 2.24) is 5.32 Å². The molecule has 5 nitrogen and oxygen atoms in total. The summed E-state index contributed by atoms with van der Waals surface area (Å²) in [7, 11) is 0. The molecule has 0 bridgehead atoms. The zero-order valence-corrected chi connectivity index (χ0v) is 7.87. The Balaban J connectivity index is 3.47. The van der Waals surface area contributed by atoms with Crippen molar-refractivity contribution in [3.63, 3.8) is 0 Å². The van der Waals surface area contributed by atoms with E-state index in [9.17, 15) is 10.1 Å². The second kappa shape index (κ2) is 7.53. The predicted molar refractivity (Wildman–Crippen MR) is 48.7 cm³/mol. The van der Waals surface area contributed by atoms with Crippen molar-refractivity contribution in [3.05, 3.63) is 10.1 Å². The zero-order valence-electron chi connectivity index (χ0n) is 7.87. The normalized spacial score (nSPS) is 11.5. The van der Waals surface area contributed by atoms with Gasteiger partial charge in [-0.1, -0.05) is 0 Å². The lowest BCUT2D eigenvalue weighted by molar-refractivity contribution is -0.379. The minimum absolute atomic E-state index is 0.175. The molecule has 0 spiro atoms. The number of rotatable bonds is 5. The Morgan fingerprint density at radius 3 is 2.92 bits per heavy atom. The van der Waals surface area contributed by atoms with Crippen LogP contribution in [0.3, 0.4) is 0 Å². The van der Waals surface area contributed by atoms with E-state index in [1.165, 1.54) is 0 Å². The second-order valence-electron chi connectivity index (χ2n) is 2.39. The monoisotopic (exact) mass is 186 g/mol. The fraction of sp³-hybridized carbons (Fsp3) is 0.750. The Kier molecular flexibility index (Phi) is 6.88. The Morgan fingerprint density at radius 2 is 2.38 bits per heavy atom. The topological polar surface area (TPSA) is 64.4 Å². The molecule has 0 heterocycles. The Morgan fingerprint density at radius 1 is 1.69 bits per heavy atom. The van der Waals surface area contributed by atoms with Gasteiger partial charge in [0.15, 0.2) is 0 Å². The summed E-state index contributed by atoms with van der Waals surface area (Å²) < 4.78 is 5.06. The van der Waals surface area contributed by atoms with E-state index in [2.05, 4.69) is 11.2 Å². The van der Waals surface area contributed by atoms with E-state index in [0.29, 0.717) is 19.8 Å². The molecule has 0 unspecified atom stereocenters. The van der Waals surface area contributed by atoms with E-state index in [4.69, 9.17) is 4.74 Å². The van der Waals surface area contributed by atoms with Crippen LogP contribution in [0.1, 0.15) is 13.8 Å². The molecule has 1 atom stereocenters. The van der Waals surface area contributed by atoms with E-state index in [1.54, 1.807) is 6.92 Å². The number of nitro groups is 1. The third kappa shape index (κ3) is 8.79. The van der Waals surface area contributed by atoms with Gasteiger partial charge in [0.25, 0.3) is 6.04 Å². The molecule has 0 rings (SSSR count). The Bertz CT molecular complexity index is 207. The molecule has 5 heteroatoms. The van der Waals surface area contributed by atoms with Crippen LogP contribution in [-0.4, -0.2) is 30.7 Å². The van der Waals surface area contributed by atoms with Crippen molar-refractivity contribution in [2.24, 2.45) is 0 Å². The van der Waals surface area contributed by atoms with Gasteiger partial charge in [-0.2, -0.15) is 0 Å². The summed E-state index contributed by atoms with van der Waals surface area (Å²) in [6, 6.07) is 1.68. The van der Waals surface area contributed by atoms with Crippen LogP contribution in [0.25, 0.3) is 0 Å². The third-order valence-corrected chi connectivity index (χ3v) is 1.27. The minimum atomic E-state index is -0.652. The average molecular weight is 186 g/mol. The van der Waals surface area contributed by atoms with Crippen LogP contribution in [0.5, 0.6) is 0 Å². The van der Waals surface area contributed by atoms with Crippen LogP contribution >= 0.6 is 0 Å². The molecule has 0 aromatic heterocycles. The van der Waals surface area contributed by atoms with Crippen LogP contribution in [0.15, 0.2) is 0 Å². The summed E-state index contributed by atoms with van der Waals surface area (Å²) in [6.07, 6.45) is 0. The predicted octanol–water partition coefficient (Wildman–Crippen LogP) is 0.239. The van der Waals surface area contributed by atoms with Crippen LogP contribution in [0.2, 0.25) is 0 Å². The molecule has 0 aromatic rings. The summed E-state index contributed by atoms with van der Waals surface area (Å²) in [5, 5.41) is 12.8. The third-order valence-electron chi connectivity index (χ3n) is 1.27. The van der Waals surface area contributed by atoms with Crippen molar-refractivity contribution in [2.45, 2.75) is 19.9 Å². The van der Waals surface area contributed by atoms with Gasteiger partial charge in [-0.25, -0.2) is 10.1 Å². The van der Waals surface area contributed by atoms with Crippen LogP contribution in [-0.2, 0) is 4.74 Å². The fourth-order valence-corrected chi connectivity index (χ4v) is 0.692. The standard InChI is InChI=1S/C8H14N2O3/c1-3-13-7-5-9-8(2)4-6-10(11)12/h8-9H,3,5,7H2,1-2H3/t8-/m1/s1. The first kappa shape index (κ1) is 11.9. The molecule has 0 saturated heterocycles. The average Bonchev–Trinajstić information content (AvgIpc) is 2.09. The van der Waals surface area contributed by atoms with Crippen LogP contribution < -0.4 is 5.32 Å². The van der Waals surface area contributed by atoms with Crippen molar-refractivity contribution < 1.29 is 9.66 Å². The number of nitrogens with one attached hydrogen (secondary N) is 1. The number of nitrogens with zero attached hydrogens (tertiary/aromatic N) is 1. The molecule has 0 aromatic carbocycles. The number of ether oxygens (including phenoxy) is 1. The maximum atomic E-state index is 9.86. The quantitative estimate of drug-likeness (QED) is 0.219. The first-order chi connectivity index (χ1) is 6.16. The van der Waals surface area contributed by atoms with E-state index >= 15 is 0 Å². The van der Waals surface area contributed by atoms with E-state index in [1.807, 2.05) is 13.0 Å². The first-order valence-electron chi connectivity index (χ1n) is 4.13. The lowest BCUT2D eigenvalue weighted by Crippen LogP contribution is -2.28. The van der Waals surface area contributed by atoms with Crippen molar-refractivity contribution in [2.75, 3.05) is 19.8 Å². The summed E-state index contributed by atoms with van der Waals surface area (Å²) in [6.45, 7) is 5.61. The number of hydrogen-bond acceptors (Lipinski definition) is 4. The maximum Gasteiger partial charge on any atom is 0.292 e. The van der Waals surface area contributed by atoms with Crippen molar-refractivity contribution in [3.8, 4) is 12.0 Å². The maximum absolute atomic E-state index is 9.86. The van der Waals surface area contributed by atoms with E-state index in [-0.39, 0.29) is 6.04 Å². The fourth-order valence-electron chi connectivity index (χ4n) is 0.692. The van der Waals surface area contributed by atoms with Crippen molar-refractivity contribution in [1.29, 1.82) is 0 Å². The smallest absolute Gasteiger partial charge is 0.292 e. The van der Waals surface area contributed by atoms with Gasteiger partial charge >= 0.3 is 0 Å². The molecule has 13 heavy (non-hydrogen) atoms. The molecule has 1 N–H and O–H groups in total. The van der Waals surface area contributed by atoms with Crippen LogP contribution in [0, 0.1) is 22.1 Å². The summed E-state index contributed by atoms with van der Waals surface area (Å²) in [5.41, 5.74) is 0. The lowest BCUT2D eigenvalue weighted by Gasteiger charge is -2.05. The van der Waals surface area contributed by atoms with Gasteiger partial charge in [-0.15, -0.1) is 0 Å². The lowest BCUT2D eigenvalue weighted by atomic mass is 10.3. The Hall–Kier alpha value is -1.12. The second-order valence-corrected chi connectivity index (χ2v) is 2.39. The van der Waals surface area contributed by atoms with Gasteiger partial charge in [0, 0.05) is 13.2 Å². The Labute approximate surface area is 77.6 Å². The van der Waals surface area contributed by atoms with Gasteiger partial charge in [-0.05, 0) is 19.8 Å². The zero-order chi connectivity index (χ0) is 10.1. The summed E-state index contributed by atoms with van der Waals surface area (Å²) in [5.74, 6) is 2.44. The minimum Gasteiger partial charge on any atom is -0.380 e. The van der Waals surface area contributed by atoms with Gasteiger partial charge < -0.3 is 10.1 Å². The molecule has 0 aliphatic carbocycles. The van der Waals surface area contributed by atoms with E-state index in [0.717, 1.165) is 0 Å². The molecular weight excluding hydrogens is 172 g/mol. The summed E-state index contributed by atoms with van der Waals surface area (Å²) in [4.78, 5) is 9.21. The molecule has 0 radical (unpaired) electrons. The van der Waals surface area contributed by atoms with Crippen molar-refractivity contribution >= 4 is 0 Å². The molecule has 74 valence electrons. The van der Waals surface area contributed by atoms with Gasteiger partial charge in [-0.3, -0.25) is 0 Å². The molecular formula is C8H14N2O3. The summed E-state index contributed by atoms with van der Waals surface area (Å²) >= 11 is 0.